The Balaban J connectivity index is 1.41. The summed E-state index contributed by atoms with van der Waals surface area (Å²) >= 11 is 0. The van der Waals surface area contributed by atoms with Crippen LogP contribution in [0.2, 0.25) is 0 Å². The van der Waals surface area contributed by atoms with Crippen LogP contribution in [0.5, 0.6) is 5.75 Å². The van der Waals surface area contributed by atoms with E-state index in [0.29, 0.717) is 37.1 Å². The highest BCUT2D eigenvalue weighted by Gasteiger charge is 2.28. The van der Waals surface area contributed by atoms with E-state index in [4.69, 9.17) is 9.47 Å². The number of rotatable bonds is 6. The van der Waals surface area contributed by atoms with Gasteiger partial charge >= 0.3 is 6.09 Å². The van der Waals surface area contributed by atoms with E-state index in [9.17, 15) is 14.0 Å². The molecule has 0 fully saturated rings. The summed E-state index contributed by atoms with van der Waals surface area (Å²) in [5.41, 5.74) is 5.13. The number of H-pyrrole nitrogens is 1. The molecule has 2 heterocycles. The summed E-state index contributed by atoms with van der Waals surface area (Å²) in [5, 5.41) is 0.771. The quantitative estimate of drug-likeness (QED) is 0.299. The van der Waals surface area contributed by atoms with Gasteiger partial charge in [0.1, 0.15) is 17.2 Å². The van der Waals surface area contributed by atoms with Crippen LogP contribution in [0.1, 0.15) is 47.8 Å². The lowest BCUT2D eigenvalue weighted by Gasteiger charge is -2.24. The number of methoxy groups -OCH3 is 1. The number of nitrogens with one attached hydrogen (secondary N) is 1. The molecule has 0 saturated heterocycles. The second-order valence-electron chi connectivity index (χ2n) is 11.2. The van der Waals surface area contributed by atoms with Gasteiger partial charge in [0.05, 0.1) is 12.7 Å². The molecular formula is C32H34FN3O4. The summed E-state index contributed by atoms with van der Waals surface area (Å²) in [6, 6.07) is 18.3. The number of carbonyl (C=O) groups excluding carboxylic acids is 2. The fourth-order valence-corrected chi connectivity index (χ4v) is 5.11. The molecular weight excluding hydrogens is 509 g/mol. The topological polar surface area (TPSA) is 74.9 Å². The molecule has 0 unspecified atom stereocenters. The van der Waals surface area contributed by atoms with E-state index in [0.717, 1.165) is 39.1 Å². The van der Waals surface area contributed by atoms with Gasteiger partial charge in [-0.1, -0.05) is 36.4 Å². The van der Waals surface area contributed by atoms with Gasteiger partial charge in [-0.05, 0) is 73.7 Å². The maximum atomic E-state index is 14.7. The molecule has 0 spiro atoms. The van der Waals surface area contributed by atoms with Gasteiger partial charge in [-0.2, -0.15) is 0 Å². The molecule has 0 radical (unpaired) electrons. The second-order valence-corrected chi connectivity index (χ2v) is 11.2. The van der Waals surface area contributed by atoms with Gasteiger partial charge in [0, 0.05) is 43.3 Å². The van der Waals surface area contributed by atoms with E-state index in [1.165, 1.54) is 17.0 Å². The van der Waals surface area contributed by atoms with E-state index in [1.54, 1.807) is 19.1 Å². The Morgan fingerprint density at radius 3 is 2.38 bits per heavy atom. The van der Waals surface area contributed by atoms with Crippen LogP contribution in [-0.2, 0) is 24.2 Å². The highest BCUT2D eigenvalue weighted by atomic mass is 19.1. The lowest BCUT2D eigenvalue weighted by atomic mass is 9.99. The summed E-state index contributed by atoms with van der Waals surface area (Å²) in [5.74, 6) is 0.105. The molecule has 0 bridgehead atoms. The summed E-state index contributed by atoms with van der Waals surface area (Å²) in [7, 11) is 3.32. The minimum atomic E-state index is -0.561. The average molecular weight is 544 g/mol. The Morgan fingerprint density at radius 1 is 1.05 bits per heavy atom. The van der Waals surface area contributed by atoms with Crippen molar-refractivity contribution in [3.8, 4) is 17.0 Å². The van der Waals surface area contributed by atoms with Crippen molar-refractivity contribution in [2.75, 3.05) is 20.7 Å². The third kappa shape index (κ3) is 5.66. The number of benzene rings is 3. The zero-order valence-electron chi connectivity index (χ0n) is 23.5. The Bertz CT molecular complexity index is 1550. The van der Waals surface area contributed by atoms with Crippen LogP contribution in [0.15, 0.2) is 60.7 Å². The number of aromatic nitrogens is 1. The van der Waals surface area contributed by atoms with Crippen molar-refractivity contribution in [3.05, 3.63) is 88.7 Å². The number of nitrogens with zero attached hydrogens (tertiary/aromatic N) is 2. The first kappa shape index (κ1) is 27.2. The zero-order valence-corrected chi connectivity index (χ0v) is 23.5. The van der Waals surface area contributed by atoms with Gasteiger partial charge in [-0.25, -0.2) is 9.18 Å². The van der Waals surface area contributed by atoms with Crippen molar-refractivity contribution in [2.24, 2.45) is 0 Å². The molecule has 0 atom stereocenters. The van der Waals surface area contributed by atoms with Gasteiger partial charge in [0.2, 0.25) is 0 Å². The van der Waals surface area contributed by atoms with Gasteiger partial charge in [-0.3, -0.25) is 4.79 Å². The fraction of sp³-hybridized carbons (Fsp3) is 0.312. The lowest BCUT2D eigenvalue weighted by molar-refractivity contribution is 0.0285. The Labute approximate surface area is 233 Å². The maximum Gasteiger partial charge on any atom is 0.410 e. The van der Waals surface area contributed by atoms with Gasteiger partial charge in [-0.15, -0.1) is 0 Å². The molecule has 7 nitrogen and oxygen atoms in total. The minimum Gasteiger partial charge on any atom is -0.497 e. The van der Waals surface area contributed by atoms with Crippen LogP contribution < -0.4 is 4.74 Å². The monoisotopic (exact) mass is 543 g/mol. The molecule has 2 amide bonds. The molecule has 1 N–H and O–H groups in total. The molecule has 40 heavy (non-hydrogen) atoms. The SMILES string of the molecule is COc1ccc(CN2CCc3c(-c4ccc(CN(C)C(=O)OC(C)(C)C)cc4)[nH]c4cc(F)cc(c34)C2=O)cc1. The first-order valence-corrected chi connectivity index (χ1v) is 13.3. The van der Waals surface area contributed by atoms with Crippen LogP contribution in [0, 0.1) is 5.82 Å². The van der Waals surface area contributed by atoms with Crippen LogP contribution in [0.25, 0.3) is 22.2 Å². The van der Waals surface area contributed by atoms with Crippen molar-refractivity contribution in [2.45, 2.75) is 45.9 Å². The molecule has 1 aromatic heterocycles. The van der Waals surface area contributed by atoms with E-state index >= 15 is 0 Å². The van der Waals surface area contributed by atoms with Crippen molar-refractivity contribution in [3.63, 3.8) is 0 Å². The molecule has 1 aliphatic heterocycles. The van der Waals surface area contributed by atoms with E-state index in [-0.39, 0.29) is 12.0 Å². The molecule has 4 aromatic rings. The largest absolute Gasteiger partial charge is 0.497 e. The Morgan fingerprint density at radius 2 is 1.73 bits per heavy atom. The van der Waals surface area contributed by atoms with Gasteiger partial charge < -0.3 is 24.3 Å². The third-order valence-electron chi connectivity index (χ3n) is 7.02. The lowest BCUT2D eigenvalue weighted by Crippen LogP contribution is -2.33. The molecule has 1 aliphatic rings. The van der Waals surface area contributed by atoms with Crippen LogP contribution in [0.4, 0.5) is 9.18 Å². The van der Waals surface area contributed by atoms with Crippen molar-refractivity contribution in [1.82, 2.24) is 14.8 Å². The average Bonchev–Trinajstić information content (AvgIpc) is 3.21. The summed E-state index contributed by atoms with van der Waals surface area (Å²) < 4.78 is 25.4. The maximum absolute atomic E-state index is 14.7. The molecule has 0 saturated carbocycles. The number of halogens is 1. The van der Waals surface area contributed by atoms with Crippen LogP contribution >= 0.6 is 0 Å². The molecule has 0 aliphatic carbocycles. The van der Waals surface area contributed by atoms with Crippen LogP contribution in [-0.4, -0.2) is 53.1 Å². The first-order chi connectivity index (χ1) is 19.0. The standard InChI is InChI=1S/C32H34FN3O4/c1-32(2,3)40-31(38)35(4)18-20-6-10-22(11-7-20)29-25-14-15-36(19-21-8-12-24(39-5)13-9-21)30(37)26-16-23(33)17-27(34-29)28(25)26/h6-13,16-17,34H,14-15,18-19H2,1-5H3. The number of aromatic amines is 1. The van der Waals surface area contributed by atoms with Gasteiger partial charge in [0.25, 0.3) is 5.91 Å². The minimum absolute atomic E-state index is 0.190. The van der Waals surface area contributed by atoms with E-state index in [1.807, 2.05) is 69.3 Å². The summed E-state index contributed by atoms with van der Waals surface area (Å²) in [6.45, 7) is 6.84. The molecule has 8 heteroatoms. The molecule has 3 aromatic carbocycles. The van der Waals surface area contributed by atoms with Crippen molar-refractivity contribution in [1.29, 1.82) is 0 Å². The normalized spacial score (nSPS) is 13.3. The number of amides is 2. The Kier molecular flexibility index (Phi) is 7.27. The molecule has 5 rings (SSSR count). The highest BCUT2D eigenvalue weighted by molar-refractivity contribution is 6.10. The van der Waals surface area contributed by atoms with Crippen molar-refractivity contribution >= 4 is 22.9 Å². The second kappa shape index (κ2) is 10.7. The zero-order chi connectivity index (χ0) is 28.6. The molecule has 208 valence electrons. The summed E-state index contributed by atoms with van der Waals surface area (Å²) in [6.07, 6.45) is 0.241. The van der Waals surface area contributed by atoms with Crippen LogP contribution in [0.3, 0.4) is 0 Å². The predicted octanol–water partition coefficient (Wildman–Crippen LogP) is 6.55. The number of hydrogen-bond donors (Lipinski definition) is 1. The summed E-state index contributed by atoms with van der Waals surface area (Å²) in [4.78, 5) is 32.7. The number of ether oxygens (including phenoxy) is 2. The number of hydrogen-bond acceptors (Lipinski definition) is 4. The van der Waals surface area contributed by atoms with E-state index in [2.05, 4.69) is 4.98 Å². The smallest absolute Gasteiger partial charge is 0.410 e. The number of carbonyl (C=O) groups is 2. The third-order valence-corrected chi connectivity index (χ3v) is 7.02. The highest BCUT2D eigenvalue weighted by Crippen LogP contribution is 2.36. The fourth-order valence-electron chi connectivity index (χ4n) is 5.11. The van der Waals surface area contributed by atoms with Gasteiger partial charge in [0.15, 0.2) is 0 Å². The first-order valence-electron chi connectivity index (χ1n) is 13.3. The van der Waals surface area contributed by atoms with Crippen molar-refractivity contribution < 1.29 is 23.5 Å². The van der Waals surface area contributed by atoms with E-state index < -0.39 is 11.4 Å². The predicted molar refractivity (Wildman–Crippen MR) is 153 cm³/mol. The Hall–Kier alpha value is -4.33.